The van der Waals surface area contributed by atoms with Crippen LogP contribution in [0.2, 0.25) is 0 Å². The van der Waals surface area contributed by atoms with Gasteiger partial charge in [0.25, 0.3) is 0 Å². The molecule has 0 aliphatic carbocycles. The van der Waals surface area contributed by atoms with E-state index in [1.807, 2.05) is 30.3 Å². The van der Waals surface area contributed by atoms with E-state index >= 15 is 0 Å². The van der Waals surface area contributed by atoms with Gasteiger partial charge in [-0.05, 0) is 15.9 Å². The average Bonchev–Trinajstić information content (AvgIpc) is 2.30. The zero-order valence-electron chi connectivity index (χ0n) is 7.81. The van der Waals surface area contributed by atoms with Gasteiger partial charge in [-0.25, -0.2) is 15.8 Å². The molecule has 15 heavy (non-hydrogen) atoms. The van der Waals surface area contributed by atoms with E-state index in [9.17, 15) is 0 Å². The molecule has 0 saturated heterocycles. The normalized spacial score (nSPS) is 10.0. The van der Waals surface area contributed by atoms with Crippen LogP contribution in [-0.4, -0.2) is 9.97 Å². The fourth-order valence-electron chi connectivity index (χ4n) is 1.27. The number of halogens is 1. The van der Waals surface area contributed by atoms with Crippen molar-refractivity contribution in [3.05, 3.63) is 41.1 Å². The van der Waals surface area contributed by atoms with Crippen molar-refractivity contribution in [3.63, 3.8) is 0 Å². The predicted octanol–water partition coefficient (Wildman–Crippen LogP) is 2.19. The van der Waals surface area contributed by atoms with Crippen LogP contribution < -0.4 is 11.3 Å². The first-order valence-corrected chi connectivity index (χ1v) is 5.14. The number of hydrogen-bond donors (Lipinski definition) is 2. The van der Waals surface area contributed by atoms with Gasteiger partial charge in [-0.1, -0.05) is 30.3 Å². The lowest BCUT2D eigenvalue weighted by molar-refractivity contribution is 1.13. The molecule has 0 amide bonds. The van der Waals surface area contributed by atoms with Crippen LogP contribution in [-0.2, 0) is 0 Å². The van der Waals surface area contributed by atoms with E-state index in [1.165, 1.54) is 6.33 Å². The Hall–Kier alpha value is -1.46. The van der Waals surface area contributed by atoms with Gasteiger partial charge in [0.05, 0.1) is 10.2 Å². The Morgan fingerprint density at radius 2 is 1.87 bits per heavy atom. The number of hydrazine groups is 1. The highest BCUT2D eigenvalue weighted by atomic mass is 79.9. The number of nitrogens with two attached hydrogens (primary N) is 1. The first kappa shape index (κ1) is 10.1. The van der Waals surface area contributed by atoms with Crippen molar-refractivity contribution >= 4 is 21.7 Å². The molecule has 1 aromatic heterocycles. The van der Waals surface area contributed by atoms with Gasteiger partial charge < -0.3 is 5.43 Å². The second-order valence-electron chi connectivity index (χ2n) is 2.90. The van der Waals surface area contributed by atoms with Gasteiger partial charge in [0.2, 0.25) is 0 Å². The van der Waals surface area contributed by atoms with Crippen molar-refractivity contribution in [1.82, 2.24) is 9.97 Å². The van der Waals surface area contributed by atoms with E-state index < -0.39 is 0 Å². The zero-order valence-corrected chi connectivity index (χ0v) is 9.40. The van der Waals surface area contributed by atoms with Crippen molar-refractivity contribution in [2.24, 2.45) is 5.84 Å². The molecule has 0 aliphatic heterocycles. The first-order valence-electron chi connectivity index (χ1n) is 4.35. The van der Waals surface area contributed by atoms with Gasteiger partial charge in [0, 0.05) is 5.56 Å². The highest BCUT2D eigenvalue weighted by Crippen LogP contribution is 2.29. The fraction of sp³-hybridized carbons (Fsp3) is 0. The maximum atomic E-state index is 5.33. The van der Waals surface area contributed by atoms with Crippen molar-refractivity contribution in [1.29, 1.82) is 0 Å². The number of nitrogens with zero attached hydrogens (tertiary/aromatic N) is 2. The van der Waals surface area contributed by atoms with Gasteiger partial charge in [0.15, 0.2) is 5.82 Å². The number of nitrogens with one attached hydrogen (secondary N) is 1. The Bertz CT molecular complexity index is 458. The van der Waals surface area contributed by atoms with Crippen LogP contribution >= 0.6 is 15.9 Å². The van der Waals surface area contributed by atoms with Crippen LogP contribution in [0.1, 0.15) is 0 Å². The molecule has 0 bridgehead atoms. The summed E-state index contributed by atoms with van der Waals surface area (Å²) in [5.41, 5.74) is 4.34. The van der Waals surface area contributed by atoms with Crippen LogP contribution in [0.25, 0.3) is 11.3 Å². The fourth-order valence-corrected chi connectivity index (χ4v) is 1.82. The molecule has 3 N–H and O–H groups in total. The Morgan fingerprint density at radius 1 is 1.13 bits per heavy atom. The summed E-state index contributed by atoms with van der Waals surface area (Å²) in [6, 6.07) is 9.83. The molecular formula is C10H9BrN4. The minimum absolute atomic E-state index is 0.573. The highest BCUT2D eigenvalue weighted by molar-refractivity contribution is 9.10. The van der Waals surface area contributed by atoms with Crippen LogP contribution in [0, 0.1) is 0 Å². The van der Waals surface area contributed by atoms with Crippen molar-refractivity contribution in [2.75, 3.05) is 5.43 Å². The molecule has 2 rings (SSSR count). The maximum Gasteiger partial charge on any atom is 0.158 e. The molecule has 76 valence electrons. The van der Waals surface area contributed by atoms with Gasteiger partial charge in [-0.3, -0.25) is 0 Å². The molecule has 0 fully saturated rings. The molecule has 1 heterocycles. The number of aromatic nitrogens is 2. The minimum atomic E-state index is 0.573. The molecule has 4 nitrogen and oxygen atoms in total. The largest absolute Gasteiger partial charge is 0.307 e. The Morgan fingerprint density at radius 3 is 2.53 bits per heavy atom. The van der Waals surface area contributed by atoms with E-state index in [1.54, 1.807) is 0 Å². The predicted molar refractivity (Wildman–Crippen MR) is 63.0 cm³/mol. The van der Waals surface area contributed by atoms with E-state index in [-0.39, 0.29) is 0 Å². The number of hydrogen-bond acceptors (Lipinski definition) is 4. The van der Waals surface area contributed by atoms with Gasteiger partial charge in [0.1, 0.15) is 6.33 Å². The van der Waals surface area contributed by atoms with Crippen LogP contribution in [0.15, 0.2) is 41.1 Å². The summed E-state index contributed by atoms with van der Waals surface area (Å²) in [6.45, 7) is 0. The summed E-state index contributed by atoms with van der Waals surface area (Å²) in [4.78, 5) is 8.19. The molecule has 1 aromatic carbocycles. The Labute approximate surface area is 95.7 Å². The SMILES string of the molecule is NNc1ncnc(-c2ccccc2)c1Br. The summed E-state index contributed by atoms with van der Waals surface area (Å²) in [5.74, 6) is 5.90. The topological polar surface area (TPSA) is 63.8 Å². The number of nitrogen functional groups attached to an aromatic ring is 1. The van der Waals surface area contributed by atoms with Crippen molar-refractivity contribution < 1.29 is 0 Å². The third-order valence-corrected chi connectivity index (χ3v) is 2.72. The molecule has 5 heteroatoms. The molecule has 0 saturated carbocycles. The highest BCUT2D eigenvalue weighted by Gasteiger charge is 2.08. The van der Waals surface area contributed by atoms with E-state index in [2.05, 4.69) is 31.3 Å². The summed E-state index contributed by atoms with van der Waals surface area (Å²) < 4.78 is 0.763. The van der Waals surface area contributed by atoms with Crippen LogP contribution in [0.5, 0.6) is 0 Å². The van der Waals surface area contributed by atoms with Gasteiger partial charge in [-0.15, -0.1) is 0 Å². The molecular weight excluding hydrogens is 256 g/mol. The summed E-state index contributed by atoms with van der Waals surface area (Å²) in [6.07, 6.45) is 1.47. The summed E-state index contributed by atoms with van der Waals surface area (Å²) in [7, 11) is 0. The second kappa shape index (κ2) is 4.37. The third kappa shape index (κ3) is 1.98. The zero-order chi connectivity index (χ0) is 10.7. The van der Waals surface area contributed by atoms with E-state index in [0.717, 1.165) is 15.7 Å². The third-order valence-electron chi connectivity index (χ3n) is 1.97. The molecule has 0 unspecified atom stereocenters. The first-order chi connectivity index (χ1) is 7.33. The lowest BCUT2D eigenvalue weighted by atomic mass is 10.1. The molecule has 0 radical (unpaired) electrons. The van der Waals surface area contributed by atoms with Crippen LogP contribution in [0.3, 0.4) is 0 Å². The molecule has 0 spiro atoms. The molecule has 0 aliphatic rings. The smallest absolute Gasteiger partial charge is 0.158 e. The Balaban J connectivity index is 2.54. The summed E-state index contributed by atoms with van der Waals surface area (Å²) >= 11 is 3.41. The van der Waals surface area contributed by atoms with E-state index in [4.69, 9.17) is 5.84 Å². The molecule has 0 atom stereocenters. The van der Waals surface area contributed by atoms with Gasteiger partial charge >= 0.3 is 0 Å². The minimum Gasteiger partial charge on any atom is -0.307 e. The molecule has 2 aromatic rings. The summed E-state index contributed by atoms with van der Waals surface area (Å²) in [5, 5.41) is 0. The Kier molecular flexibility index (Phi) is 2.94. The quantitative estimate of drug-likeness (QED) is 0.645. The maximum absolute atomic E-state index is 5.33. The lowest BCUT2D eigenvalue weighted by Crippen LogP contribution is -2.09. The lowest BCUT2D eigenvalue weighted by Gasteiger charge is -2.06. The van der Waals surface area contributed by atoms with Crippen molar-refractivity contribution in [3.8, 4) is 11.3 Å². The number of benzene rings is 1. The van der Waals surface area contributed by atoms with Crippen molar-refractivity contribution in [2.45, 2.75) is 0 Å². The second-order valence-corrected chi connectivity index (χ2v) is 3.69. The van der Waals surface area contributed by atoms with Gasteiger partial charge in [-0.2, -0.15) is 0 Å². The van der Waals surface area contributed by atoms with Crippen LogP contribution in [0.4, 0.5) is 5.82 Å². The number of rotatable bonds is 2. The standard InChI is InChI=1S/C10H9BrN4/c11-8-9(7-4-2-1-3-5-7)13-6-14-10(8)15-12/h1-6H,12H2,(H,13,14,15). The monoisotopic (exact) mass is 264 g/mol. The van der Waals surface area contributed by atoms with E-state index in [0.29, 0.717) is 5.82 Å². The number of anilines is 1. The average molecular weight is 265 g/mol.